The zero-order chi connectivity index (χ0) is 13.5. The summed E-state index contributed by atoms with van der Waals surface area (Å²) in [4.78, 5) is 0.238. The molecule has 0 radical (unpaired) electrons. The highest BCUT2D eigenvalue weighted by molar-refractivity contribution is 9.09. The monoisotopic (exact) mass is 320 g/mol. The van der Waals surface area contributed by atoms with Crippen LogP contribution >= 0.6 is 15.9 Å². The number of fused-ring (bicyclic) bond motifs is 5. The van der Waals surface area contributed by atoms with E-state index in [1.807, 2.05) is 0 Å². The third-order valence-corrected chi connectivity index (χ3v) is 4.96. The van der Waals surface area contributed by atoms with Crippen molar-refractivity contribution in [1.29, 1.82) is 0 Å². The third-order valence-electron chi connectivity index (χ3n) is 3.98. The minimum Gasteiger partial charge on any atom is -0.0786 e. The maximum absolute atomic E-state index is 3.89. The first-order valence-corrected chi connectivity index (χ1v) is 7.69. The van der Waals surface area contributed by atoms with Crippen molar-refractivity contribution in [2.24, 2.45) is 0 Å². The predicted molar refractivity (Wildman–Crippen MR) is 88.1 cm³/mol. The second-order valence-corrected chi connectivity index (χ2v) is 6.00. The molecule has 0 saturated heterocycles. The molecule has 0 amide bonds. The van der Waals surface area contributed by atoms with Crippen LogP contribution in [0.15, 0.2) is 72.8 Å². The van der Waals surface area contributed by atoms with Crippen LogP contribution in [-0.4, -0.2) is 0 Å². The van der Waals surface area contributed by atoms with E-state index in [-0.39, 0.29) is 4.83 Å². The summed E-state index contributed by atoms with van der Waals surface area (Å²) in [7, 11) is 0. The van der Waals surface area contributed by atoms with E-state index in [0.29, 0.717) is 0 Å². The van der Waals surface area contributed by atoms with Gasteiger partial charge in [0.25, 0.3) is 0 Å². The van der Waals surface area contributed by atoms with Gasteiger partial charge in [-0.2, -0.15) is 0 Å². The van der Waals surface area contributed by atoms with E-state index in [4.69, 9.17) is 0 Å². The Hall–Kier alpha value is -1.86. The summed E-state index contributed by atoms with van der Waals surface area (Å²) >= 11 is 3.89. The first kappa shape index (κ1) is 11.9. The van der Waals surface area contributed by atoms with Crippen molar-refractivity contribution in [1.82, 2.24) is 0 Å². The Labute approximate surface area is 127 Å². The van der Waals surface area contributed by atoms with Gasteiger partial charge in [0, 0.05) is 0 Å². The summed E-state index contributed by atoms with van der Waals surface area (Å²) in [5.74, 6) is 0. The highest BCUT2D eigenvalue weighted by Crippen LogP contribution is 2.47. The van der Waals surface area contributed by atoms with E-state index in [9.17, 15) is 0 Å². The largest absolute Gasteiger partial charge is 0.0786 e. The zero-order valence-electron chi connectivity index (χ0n) is 10.9. The molecule has 0 saturated carbocycles. The standard InChI is InChI=1S/C19H13Br/c20-19-17-11-5-3-9-15(17)13-7-1-2-8-14(13)16-10-4-6-12-18(16)19/h1-12,19H. The van der Waals surface area contributed by atoms with E-state index < -0.39 is 0 Å². The lowest BCUT2D eigenvalue weighted by molar-refractivity contribution is 1.19. The van der Waals surface area contributed by atoms with E-state index in [0.717, 1.165) is 0 Å². The van der Waals surface area contributed by atoms with Crippen LogP contribution in [0.2, 0.25) is 0 Å². The number of alkyl halides is 1. The number of hydrogen-bond donors (Lipinski definition) is 0. The Morgan fingerprint density at radius 3 is 1.30 bits per heavy atom. The Kier molecular flexibility index (Phi) is 2.75. The van der Waals surface area contributed by atoms with Gasteiger partial charge < -0.3 is 0 Å². The van der Waals surface area contributed by atoms with Crippen molar-refractivity contribution in [3.8, 4) is 22.3 Å². The second-order valence-electron chi connectivity index (χ2n) is 5.08. The molecular formula is C19H13Br. The summed E-state index contributed by atoms with van der Waals surface area (Å²) in [5.41, 5.74) is 7.95. The van der Waals surface area contributed by atoms with Gasteiger partial charge in [0.15, 0.2) is 0 Å². The fraction of sp³-hybridized carbons (Fsp3) is 0.0526. The Bertz CT molecular complexity index is 723. The third kappa shape index (κ3) is 1.66. The number of benzene rings is 3. The van der Waals surface area contributed by atoms with Crippen molar-refractivity contribution in [3.05, 3.63) is 83.9 Å². The van der Waals surface area contributed by atoms with Crippen LogP contribution in [0.1, 0.15) is 16.0 Å². The van der Waals surface area contributed by atoms with E-state index in [1.54, 1.807) is 0 Å². The summed E-state index contributed by atoms with van der Waals surface area (Å²) < 4.78 is 0. The van der Waals surface area contributed by atoms with E-state index >= 15 is 0 Å². The summed E-state index contributed by atoms with van der Waals surface area (Å²) in [6.07, 6.45) is 0. The molecule has 0 aromatic heterocycles. The molecule has 0 atom stereocenters. The van der Waals surface area contributed by atoms with Crippen LogP contribution in [0.25, 0.3) is 22.3 Å². The van der Waals surface area contributed by atoms with Gasteiger partial charge in [-0.25, -0.2) is 0 Å². The maximum atomic E-state index is 3.89. The average molecular weight is 321 g/mol. The van der Waals surface area contributed by atoms with Gasteiger partial charge in [-0.05, 0) is 33.4 Å². The van der Waals surface area contributed by atoms with Crippen molar-refractivity contribution in [3.63, 3.8) is 0 Å². The van der Waals surface area contributed by atoms with Crippen molar-refractivity contribution < 1.29 is 0 Å². The van der Waals surface area contributed by atoms with Crippen molar-refractivity contribution >= 4 is 15.9 Å². The molecule has 0 unspecified atom stereocenters. The van der Waals surface area contributed by atoms with Crippen LogP contribution in [0.5, 0.6) is 0 Å². The number of hydrogen-bond acceptors (Lipinski definition) is 0. The quantitative estimate of drug-likeness (QED) is 0.458. The number of halogens is 1. The molecule has 0 N–H and O–H groups in total. The van der Waals surface area contributed by atoms with Gasteiger partial charge in [0.05, 0.1) is 4.83 Å². The van der Waals surface area contributed by atoms with Crippen LogP contribution in [0.3, 0.4) is 0 Å². The second kappa shape index (κ2) is 4.60. The summed E-state index contributed by atoms with van der Waals surface area (Å²) in [6.45, 7) is 0. The molecule has 96 valence electrons. The van der Waals surface area contributed by atoms with Gasteiger partial charge in [0.2, 0.25) is 0 Å². The molecule has 0 nitrogen and oxygen atoms in total. The van der Waals surface area contributed by atoms with Crippen LogP contribution in [0.4, 0.5) is 0 Å². The SMILES string of the molecule is BrC1c2ccccc2-c2ccccc2-c2ccccc21. The van der Waals surface area contributed by atoms with Gasteiger partial charge >= 0.3 is 0 Å². The topological polar surface area (TPSA) is 0 Å². The molecule has 1 aliphatic carbocycles. The highest BCUT2D eigenvalue weighted by Gasteiger charge is 2.24. The maximum Gasteiger partial charge on any atom is 0.0656 e. The van der Waals surface area contributed by atoms with Crippen molar-refractivity contribution in [2.75, 3.05) is 0 Å². The molecule has 0 fully saturated rings. The lowest BCUT2D eigenvalue weighted by atomic mass is 9.95. The van der Waals surface area contributed by atoms with Gasteiger partial charge in [-0.15, -0.1) is 0 Å². The number of rotatable bonds is 0. The van der Waals surface area contributed by atoms with Crippen LogP contribution in [-0.2, 0) is 0 Å². The first-order chi connectivity index (χ1) is 9.86. The average Bonchev–Trinajstić information content (AvgIpc) is 2.64. The van der Waals surface area contributed by atoms with Gasteiger partial charge in [-0.1, -0.05) is 88.7 Å². The van der Waals surface area contributed by atoms with Crippen LogP contribution in [0, 0.1) is 0 Å². The molecule has 4 rings (SSSR count). The summed E-state index contributed by atoms with van der Waals surface area (Å²) in [6, 6.07) is 26.0. The molecule has 0 spiro atoms. The van der Waals surface area contributed by atoms with Crippen LogP contribution < -0.4 is 0 Å². The lowest BCUT2D eigenvalue weighted by Gasteiger charge is -2.13. The zero-order valence-corrected chi connectivity index (χ0v) is 12.5. The molecule has 1 heteroatoms. The molecule has 3 aromatic carbocycles. The smallest absolute Gasteiger partial charge is 0.0656 e. The Morgan fingerprint density at radius 1 is 0.500 bits per heavy atom. The van der Waals surface area contributed by atoms with Gasteiger partial charge in [0.1, 0.15) is 0 Å². The fourth-order valence-electron chi connectivity index (χ4n) is 3.05. The molecular weight excluding hydrogens is 308 g/mol. The van der Waals surface area contributed by atoms with E-state index in [2.05, 4.69) is 88.7 Å². The van der Waals surface area contributed by atoms with Gasteiger partial charge in [-0.3, -0.25) is 0 Å². The minimum atomic E-state index is 0.238. The Balaban J connectivity index is 2.17. The molecule has 20 heavy (non-hydrogen) atoms. The normalized spacial score (nSPS) is 13.1. The predicted octanol–water partition coefficient (Wildman–Crippen LogP) is 5.82. The summed E-state index contributed by atoms with van der Waals surface area (Å²) in [5, 5.41) is 0. The molecule has 0 heterocycles. The molecule has 1 aliphatic rings. The van der Waals surface area contributed by atoms with E-state index in [1.165, 1.54) is 33.4 Å². The highest BCUT2D eigenvalue weighted by atomic mass is 79.9. The first-order valence-electron chi connectivity index (χ1n) is 6.78. The minimum absolute atomic E-state index is 0.238. The molecule has 3 aromatic rings. The van der Waals surface area contributed by atoms with Crippen molar-refractivity contribution in [2.45, 2.75) is 4.83 Å². The molecule has 0 aliphatic heterocycles. The molecule has 0 bridgehead atoms. The lowest BCUT2D eigenvalue weighted by Crippen LogP contribution is -1.93. The Morgan fingerprint density at radius 2 is 0.850 bits per heavy atom. The fourth-order valence-corrected chi connectivity index (χ4v) is 3.85.